The maximum Gasteiger partial charge on any atom is 0.325 e. The van der Waals surface area contributed by atoms with Crippen LogP contribution in [0.3, 0.4) is 0 Å². The SMILES string of the molecule is Cc1c(C(=O)CN2C(=O)NC(C)(c3cccc(-n4cnnn4)c3)C2=O)sc2ccccc12. The molecule has 0 spiro atoms. The van der Waals surface area contributed by atoms with Crippen LogP contribution in [0.4, 0.5) is 4.79 Å². The Bertz CT molecular complexity index is 1380. The van der Waals surface area contributed by atoms with E-state index in [0.29, 0.717) is 16.1 Å². The largest absolute Gasteiger partial charge is 0.325 e. The second-order valence-corrected chi connectivity index (χ2v) is 8.78. The number of amides is 3. The normalized spacial score (nSPS) is 18.4. The minimum atomic E-state index is -1.31. The van der Waals surface area contributed by atoms with Gasteiger partial charge in [0.2, 0.25) is 0 Å². The van der Waals surface area contributed by atoms with E-state index in [1.807, 2.05) is 31.2 Å². The second-order valence-electron chi connectivity index (χ2n) is 7.73. The van der Waals surface area contributed by atoms with Crippen molar-refractivity contribution in [3.05, 3.63) is 70.9 Å². The van der Waals surface area contributed by atoms with Crippen LogP contribution >= 0.6 is 11.3 Å². The predicted octanol–water partition coefficient (Wildman–Crippen LogP) is 2.84. The average Bonchev–Trinajstić information content (AvgIpc) is 3.50. The minimum absolute atomic E-state index is 0.265. The van der Waals surface area contributed by atoms with Crippen molar-refractivity contribution in [3.8, 4) is 5.69 Å². The highest BCUT2D eigenvalue weighted by Crippen LogP contribution is 2.33. The molecule has 1 unspecified atom stereocenters. The van der Waals surface area contributed by atoms with Gasteiger partial charge in [-0.2, -0.15) is 0 Å². The third kappa shape index (κ3) is 3.07. The first-order valence-corrected chi connectivity index (χ1v) is 10.7. The third-order valence-corrected chi connectivity index (χ3v) is 7.02. The van der Waals surface area contributed by atoms with E-state index in [2.05, 4.69) is 20.8 Å². The Hall–Kier alpha value is -3.92. The van der Waals surface area contributed by atoms with Gasteiger partial charge in [0.1, 0.15) is 11.9 Å². The molecule has 1 saturated heterocycles. The molecule has 1 aliphatic rings. The molecule has 0 aliphatic carbocycles. The molecule has 3 heterocycles. The van der Waals surface area contributed by atoms with Crippen LogP contribution in [0.15, 0.2) is 54.9 Å². The van der Waals surface area contributed by atoms with Gasteiger partial charge in [-0.1, -0.05) is 30.3 Å². The van der Waals surface area contributed by atoms with Gasteiger partial charge in [-0.3, -0.25) is 14.5 Å². The zero-order valence-corrected chi connectivity index (χ0v) is 18.1. The van der Waals surface area contributed by atoms with Gasteiger partial charge in [0.25, 0.3) is 5.91 Å². The lowest BCUT2D eigenvalue weighted by molar-refractivity contribution is -0.130. The van der Waals surface area contributed by atoms with Gasteiger partial charge in [-0.25, -0.2) is 9.48 Å². The summed E-state index contributed by atoms with van der Waals surface area (Å²) in [6.45, 7) is 3.19. The van der Waals surface area contributed by atoms with Crippen LogP contribution in [-0.4, -0.2) is 49.4 Å². The molecule has 0 saturated carbocycles. The minimum Gasteiger partial charge on any atom is -0.319 e. The second kappa shape index (κ2) is 7.34. The summed E-state index contributed by atoms with van der Waals surface area (Å²) in [5.41, 5.74) is 0.763. The molecular weight excluding hydrogens is 428 g/mol. The number of imide groups is 1. The Morgan fingerprint density at radius 1 is 1.16 bits per heavy atom. The average molecular weight is 446 g/mol. The molecule has 5 rings (SSSR count). The maximum atomic E-state index is 13.3. The van der Waals surface area contributed by atoms with Crippen LogP contribution < -0.4 is 5.32 Å². The fourth-order valence-corrected chi connectivity index (χ4v) is 5.07. The lowest BCUT2D eigenvalue weighted by Crippen LogP contribution is -2.41. The Morgan fingerprint density at radius 3 is 2.72 bits per heavy atom. The summed E-state index contributed by atoms with van der Waals surface area (Å²) in [6, 6.07) is 14.2. The number of nitrogens with one attached hydrogen (secondary N) is 1. The van der Waals surface area contributed by atoms with Crippen LogP contribution in [0.1, 0.15) is 27.7 Å². The van der Waals surface area contributed by atoms with Crippen LogP contribution in [-0.2, 0) is 10.3 Å². The molecule has 10 heteroatoms. The van der Waals surface area contributed by atoms with Gasteiger partial charge in [-0.15, -0.1) is 16.4 Å². The Labute approximate surface area is 186 Å². The van der Waals surface area contributed by atoms with Crippen molar-refractivity contribution in [2.75, 3.05) is 6.54 Å². The molecule has 1 atom stereocenters. The van der Waals surface area contributed by atoms with Gasteiger partial charge in [0, 0.05) is 4.70 Å². The van der Waals surface area contributed by atoms with E-state index >= 15 is 0 Å². The zero-order valence-electron chi connectivity index (χ0n) is 17.3. The quantitative estimate of drug-likeness (QED) is 0.373. The van der Waals surface area contributed by atoms with E-state index < -0.39 is 17.5 Å². The summed E-state index contributed by atoms with van der Waals surface area (Å²) in [6.07, 6.45) is 1.44. The topological polar surface area (TPSA) is 110 Å². The number of fused-ring (bicyclic) bond motifs is 1. The Morgan fingerprint density at radius 2 is 1.97 bits per heavy atom. The first-order valence-electron chi connectivity index (χ1n) is 9.88. The molecule has 160 valence electrons. The standard InChI is InChI=1S/C22H18N6O3S/c1-13-16-8-3-4-9-18(16)32-19(13)17(29)11-27-20(30)22(2,24-21(27)31)14-6-5-7-15(10-14)28-12-23-25-26-28/h3-10,12H,11H2,1-2H3,(H,24,31). The van der Waals surface area contributed by atoms with Crippen molar-refractivity contribution in [1.82, 2.24) is 30.4 Å². The van der Waals surface area contributed by atoms with Crippen LogP contribution in [0.5, 0.6) is 0 Å². The molecule has 32 heavy (non-hydrogen) atoms. The molecule has 1 fully saturated rings. The predicted molar refractivity (Wildman–Crippen MR) is 118 cm³/mol. The smallest absolute Gasteiger partial charge is 0.319 e. The zero-order chi connectivity index (χ0) is 22.5. The number of hydrogen-bond acceptors (Lipinski definition) is 7. The molecule has 1 aliphatic heterocycles. The summed E-state index contributed by atoms with van der Waals surface area (Å²) >= 11 is 1.37. The number of carbonyl (C=O) groups is 3. The number of aryl methyl sites for hydroxylation is 1. The number of benzene rings is 2. The van der Waals surface area contributed by atoms with Crippen molar-refractivity contribution in [1.29, 1.82) is 0 Å². The van der Waals surface area contributed by atoms with Gasteiger partial charge in [0.15, 0.2) is 5.78 Å². The third-order valence-electron chi connectivity index (χ3n) is 5.71. The van der Waals surface area contributed by atoms with Crippen molar-refractivity contribution in [2.45, 2.75) is 19.4 Å². The van der Waals surface area contributed by atoms with E-state index in [1.165, 1.54) is 22.3 Å². The molecular formula is C22H18N6O3S. The highest BCUT2D eigenvalue weighted by Gasteiger charge is 2.49. The number of ketones is 1. The van der Waals surface area contributed by atoms with E-state index in [9.17, 15) is 14.4 Å². The molecule has 9 nitrogen and oxygen atoms in total. The van der Waals surface area contributed by atoms with Gasteiger partial charge < -0.3 is 5.32 Å². The first kappa shape index (κ1) is 20.0. The molecule has 1 N–H and O–H groups in total. The summed E-state index contributed by atoms with van der Waals surface area (Å²) < 4.78 is 2.45. The number of hydrogen-bond donors (Lipinski definition) is 1. The van der Waals surface area contributed by atoms with Crippen molar-refractivity contribution >= 4 is 39.1 Å². The first-order chi connectivity index (χ1) is 15.4. The fraction of sp³-hybridized carbons (Fsp3) is 0.182. The monoisotopic (exact) mass is 446 g/mol. The Kier molecular flexibility index (Phi) is 4.59. The number of tetrazole rings is 1. The molecule has 4 aromatic rings. The summed E-state index contributed by atoms with van der Waals surface area (Å²) in [7, 11) is 0. The number of carbonyl (C=O) groups excluding carboxylic acids is 3. The number of aromatic nitrogens is 4. The summed E-state index contributed by atoms with van der Waals surface area (Å²) in [5, 5.41) is 14.8. The maximum absolute atomic E-state index is 13.3. The van der Waals surface area contributed by atoms with Gasteiger partial charge in [0.05, 0.1) is 17.1 Å². The Balaban J connectivity index is 1.43. The lowest BCUT2D eigenvalue weighted by atomic mass is 9.91. The number of Topliss-reactive ketones (excluding diaryl/α,β-unsaturated/α-hetero) is 1. The lowest BCUT2D eigenvalue weighted by Gasteiger charge is -2.22. The molecule has 0 radical (unpaired) electrons. The highest BCUT2D eigenvalue weighted by molar-refractivity contribution is 7.21. The highest BCUT2D eigenvalue weighted by atomic mass is 32.1. The van der Waals surface area contributed by atoms with Crippen molar-refractivity contribution < 1.29 is 14.4 Å². The number of nitrogens with zero attached hydrogens (tertiary/aromatic N) is 5. The van der Waals surface area contributed by atoms with Crippen molar-refractivity contribution in [2.24, 2.45) is 0 Å². The molecule has 3 amide bonds. The molecule has 2 aromatic heterocycles. The summed E-state index contributed by atoms with van der Waals surface area (Å²) in [4.78, 5) is 40.6. The number of thiophene rings is 1. The van der Waals surface area contributed by atoms with E-state index in [4.69, 9.17) is 0 Å². The fourth-order valence-electron chi connectivity index (χ4n) is 3.93. The van der Waals surface area contributed by atoms with Crippen LogP contribution in [0, 0.1) is 6.92 Å². The van der Waals surface area contributed by atoms with Crippen LogP contribution in [0.25, 0.3) is 15.8 Å². The summed E-state index contributed by atoms with van der Waals surface area (Å²) in [5.74, 6) is -0.748. The molecule has 0 bridgehead atoms. The van der Waals surface area contributed by atoms with Gasteiger partial charge >= 0.3 is 6.03 Å². The van der Waals surface area contributed by atoms with Crippen molar-refractivity contribution in [3.63, 3.8) is 0 Å². The van der Waals surface area contributed by atoms with Crippen LogP contribution in [0.2, 0.25) is 0 Å². The number of rotatable bonds is 5. The van der Waals surface area contributed by atoms with E-state index in [-0.39, 0.29) is 12.3 Å². The van der Waals surface area contributed by atoms with Gasteiger partial charge in [-0.05, 0) is 59.0 Å². The van der Waals surface area contributed by atoms with E-state index in [0.717, 1.165) is 20.5 Å². The molecule has 2 aromatic carbocycles. The number of urea groups is 1. The van der Waals surface area contributed by atoms with E-state index in [1.54, 1.807) is 31.2 Å².